The smallest absolute Gasteiger partial charge is 0.0512 e. The molecule has 0 bridgehead atoms. The fourth-order valence-corrected chi connectivity index (χ4v) is 4.19. The van der Waals surface area contributed by atoms with E-state index >= 15 is 0 Å². The Hall–Kier alpha value is -0.0900. The van der Waals surface area contributed by atoms with Crippen LogP contribution in [0.4, 0.5) is 0 Å². The van der Waals surface area contributed by atoms with Crippen molar-refractivity contribution in [2.75, 3.05) is 25.1 Å². The third-order valence-electron chi connectivity index (χ3n) is 2.92. The lowest BCUT2D eigenvalue weighted by molar-refractivity contribution is 0.622. The Kier molecular flexibility index (Phi) is 2.60. The molecule has 2 fully saturated rings. The van der Waals surface area contributed by atoms with Crippen LogP contribution in [0.25, 0.3) is 0 Å². The van der Waals surface area contributed by atoms with E-state index in [0.717, 1.165) is 30.4 Å². The van der Waals surface area contributed by atoms with Crippen LogP contribution in [0, 0.1) is 5.92 Å². The average molecular weight is 202 g/mol. The second-order valence-electron chi connectivity index (χ2n) is 4.17. The first-order valence-electron chi connectivity index (χ1n) is 5.07. The van der Waals surface area contributed by atoms with Gasteiger partial charge < -0.3 is 5.32 Å². The van der Waals surface area contributed by atoms with Crippen molar-refractivity contribution in [1.29, 1.82) is 0 Å². The summed E-state index contributed by atoms with van der Waals surface area (Å²) in [5.74, 6) is 2.36. The van der Waals surface area contributed by atoms with Gasteiger partial charge in [-0.2, -0.15) is 0 Å². The molecule has 0 radical (unpaired) electrons. The first-order chi connectivity index (χ1) is 6.22. The molecule has 2 unspecified atom stereocenters. The molecule has 3 nitrogen and oxygen atoms in total. The van der Waals surface area contributed by atoms with Crippen LogP contribution >= 0.6 is 0 Å². The monoisotopic (exact) mass is 202 g/mol. The Balaban J connectivity index is 1.95. The number of hydrogen-bond acceptors (Lipinski definition) is 3. The second-order valence-corrected chi connectivity index (χ2v) is 6.72. The standard InChI is InChI=1S/C9H18N2OS/c1-10-9-4-5-13(12,7-9)11-6-8-2-3-8/h8-10H,2-7H2,1H3. The molecule has 13 heavy (non-hydrogen) atoms. The molecular weight excluding hydrogens is 184 g/mol. The van der Waals surface area contributed by atoms with Gasteiger partial charge in [-0.05, 0) is 32.2 Å². The van der Waals surface area contributed by atoms with Gasteiger partial charge in [0.1, 0.15) is 0 Å². The summed E-state index contributed by atoms with van der Waals surface area (Å²) < 4.78 is 16.5. The van der Waals surface area contributed by atoms with E-state index in [1.165, 1.54) is 12.8 Å². The highest BCUT2D eigenvalue weighted by molar-refractivity contribution is 7.93. The summed E-state index contributed by atoms with van der Waals surface area (Å²) >= 11 is 0. The highest BCUT2D eigenvalue weighted by atomic mass is 32.2. The third kappa shape index (κ3) is 2.44. The van der Waals surface area contributed by atoms with Gasteiger partial charge in [-0.3, -0.25) is 0 Å². The molecule has 2 aliphatic rings. The van der Waals surface area contributed by atoms with Crippen LogP contribution < -0.4 is 5.32 Å². The molecule has 1 aliphatic carbocycles. The molecule has 0 aromatic heterocycles. The lowest BCUT2D eigenvalue weighted by Crippen LogP contribution is -2.25. The van der Waals surface area contributed by atoms with Crippen molar-refractivity contribution < 1.29 is 4.21 Å². The highest BCUT2D eigenvalue weighted by Crippen LogP contribution is 2.29. The van der Waals surface area contributed by atoms with E-state index in [-0.39, 0.29) is 0 Å². The first kappa shape index (κ1) is 9.46. The molecule has 1 saturated heterocycles. The molecule has 4 heteroatoms. The van der Waals surface area contributed by atoms with Crippen molar-refractivity contribution in [3.8, 4) is 0 Å². The van der Waals surface area contributed by atoms with Gasteiger partial charge in [-0.25, -0.2) is 8.57 Å². The van der Waals surface area contributed by atoms with Crippen molar-refractivity contribution >= 4 is 9.73 Å². The quantitative estimate of drug-likeness (QED) is 0.737. The molecule has 0 spiro atoms. The van der Waals surface area contributed by atoms with Crippen molar-refractivity contribution in [3.63, 3.8) is 0 Å². The average Bonchev–Trinajstić information content (AvgIpc) is 2.88. The zero-order valence-electron chi connectivity index (χ0n) is 8.16. The Morgan fingerprint density at radius 2 is 2.23 bits per heavy atom. The van der Waals surface area contributed by atoms with Crippen LogP contribution in [-0.4, -0.2) is 35.3 Å². The zero-order chi connectivity index (χ0) is 9.31. The van der Waals surface area contributed by atoms with Gasteiger partial charge in [0.05, 0.1) is 6.54 Å². The normalized spacial score (nSPS) is 39.3. The molecule has 2 rings (SSSR count). The molecule has 2 atom stereocenters. The van der Waals surface area contributed by atoms with Crippen LogP contribution in [0.2, 0.25) is 0 Å². The van der Waals surface area contributed by atoms with Crippen molar-refractivity contribution in [3.05, 3.63) is 0 Å². The minimum absolute atomic E-state index is 0.440. The van der Waals surface area contributed by atoms with Crippen LogP contribution in [0.5, 0.6) is 0 Å². The van der Waals surface area contributed by atoms with Crippen LogP contribution in [-0.2, 0) is 9.73 Å². The van der Waals surface area contributed by atoms with Crippen LogP contribution in [0.1, 0.15) is 19.3 Å². The Bertz CT molecular complexity index is 290. The summed E-state index contributed by atoms with van der Waals surface area (Å²) in [6, 6.07) is 0.440. The maximum atomic E-state index is 12.1. The van der Waals surface area contributed by atoms with E-state index in [9.17, 15) is 4.21 Å². The van der Waals surface area contributed by atoms with Crippen molar-refractivity contribution in [2.24, 2.45) is 10.3 Å². The van der Waals surface area contributed by atoms with E-state index in [4.69, 9.17) is 0 Å². The van der Waals surface area contributed by atoms with E-state index in [0.29, 0.717) is 6.04 Å². The topological polar surface area (TPSA) is 41.5 Å². The third-order valence-corrected chi connectivity index (χ3v) is 5.34. The Morgan fingerprint density at radius 1 is 1.46 bits per heavy atom. The molecule has 0 aromatic carbocycles. The number of nitrogens with zero attached hydrogens (tertiary/aromatic N) is 1. The minimum Gasteiger partial charge on any atom is -0.316 e. The molecule has 1 saturated carbocycles. The van der Waals surface area contributed by atoms with E-state index in [1.54, 1.807) is 0 Å². The summed E-state index contributed by atoms with van der Waals surface area (Å²) in [4.78, 5) is 0. The summed E-state index contributed by atoms with van der Waals surface area (Å²) in [7, 11) is 0.134. The minimum atomic E-state index is -1.81. The summed E-state index contributed by atoms with van der Waals surface area (Å²) in [6.45, 7) is 0.856. The van der Waals surface area contributed by atoms with E-state index in [2.05, 4.69) is 9.68 Å². The summed E-state index contributed by atoms with van der Waals surface area (Å²) in [6.07, 6.45) is 3.63. The molecule has 0 aromatic rings. The van der Waals surface area contributed by atoms with E-state index < -0.39 is 9.73 Å². The lowest BCUT2D eigenvalue weighted by Gasteiger charge is -2.04. The molecule has 76 valence electrons. The molecule has 1 heterocycles. The van der Waals surface area contributed by atoms with Crippen LogP contribution in [0.15, 0.2) is 4.36 Å². The fourth-order valence-electron chi connectivity index (χ4n) is 1.69. The van der Waals surface area contributed by atoms with Gasteiger partial charge >= 0.3 is 0 Å². The van der Waals surface area contributed by atoms with Gasteiger partial charge in [-0.15, -0.1) is 0 Å². The largest absolute Gasteiger partial charge is 0.316 e. The number of nitrogens with one attached hydrogen (secondary N) is 1. The summed E-state index contributed by atoms with van der Waals surface area (Å²) in [5, 5.41) is 3.18. The van der Waals surface area contributed by atoms with Crippen molar-refractivity contribution in [2.45, 2.75) is 25.3 Å². The fraction of sp³-hybridized carbons (Fsp3) is 1.00. The maximum absolute atomic E-state index is 12.1. The maximum Gasteiger partial charge on any atom is 0.0512 e. The van der Waals surface area contributed by atoms with Crippen LogP contribution in [0.3, 0.4) is 0 Å². The first-order valence-corrected chi connectivity index (χ1v) is 6.93. The second kappa shape index (κ2) is 3.58. The predicted molar refractivity (Wildman–Crippen MR) is 55.4 cm³/mol. The molecule has 0 amide bonds. The molecule has 1 N–H and O–H groups in total. The highest BCUT2D eigenvalue weighted by Gasteiger charge is 2.27. The Morgan fingerprint density at radius 3 is 2.77 bits per heavy atom. The number of rotatable bonds is 3. The lowest BCUT2D eigenvalue weighted by atomic mass is 10.3. The number of hydrogen-bond donors (Lipinski definition) is 1. The molecule has 1 aliphatic heterocycles. The Labute approximate surface area is 80.5 Å². The van der Waals surface area contributed by atoms with E-state index in [1.807, 2.05) is 7.05 Å². The predicted octanol–water partition coefficient (Wildman–Crippen LogP) is 0.856. The van der Waals surface area contributed by atoms with Gasteiger partial charge in [0, 0.05) is 27.3 Å². The van der Waals surface area contributed by atoms with Gasteiger partial charge in [0.2, 0.25) is 0 Å². The van der Waals surface area contributed by atoms with Gasteiger partial charge in [-0.1, -0.05) is 0 Å². The SMILES string of the molecule is CNC1CCS(=O)(=NCC2CC2)C1. The van der Waals surface area contributed by atoms with Gasteiger partial charge in [0.15, 0.2) is 0 Å². The van der Waals surface area contributed by atoms with Crippen molar-refractivity contribution in [1.82, 2.24) is 5.32 Å². The molecular formula is C9H18N2OS. The van der Waals surface area contributed by atoms with Gasteiger partial charge in [0.25, 0.3) is 0 Å². The zero-order valence-corrected chi connectivity index (χ0v) is 8.98. The summed E-state index contributed by atoms with van der Waals surface area (Å²) in [5.41, 5.74) is 0.